The molecule has 3 rings (SSSR count). The van der Waals surface area contributed by atoms with Crippen LogP contribution < -0.4 is 10.1 Å². The topological polar surface area (TPSA) is 67.9 Å². The molecule has 0 bridgehead atoms. The molecular weight excluding hydrogens is 403 g/mol. The molecule has 0 aromatic heterocycles. The van der Waals surface area contributed by atoms with E-state index in [-0.39, 0.29) is 5.91 Å². The van der Waals surface area contributed by atoms with Gasteiger partial charge in [0.25, 0.3) is 11.8 Å². The van der Waals surface area contributed by atoms with Crippen molar-refractivity contribution in [3.63, 3.8) is 0 Å². The van der Waals surface area contributed by atoms with E-state index in [2.05, 4.69) is 5.32 Å². The maximum atomic E-state index is 12.8. The molecule has 1 atom stereocenters. The zero-order chi connectivity index (χ0) is 20.1. The van der Waals surface area contributed by atoms with E-state index in [1.54, 1.807) is 54.3 Å². The molecular formula is C20H20Cl2N2O4. The van der Waals surface area contributed by atoms with Crippen molar-refractivity contribution in [3.8, 4) is 5.75 Å². The van der Waals surface area contributed by atoms with Crippen LogP contribution in [0.2, 0.25) is 10.0 Å². The van der Waals surface area contributed by atoms with Crippen LogP contribution in [0.1, 0.15) is 17.3 Å². The molecule has 0 aliphatic carbocycles. The van der Waals surface area contributed by atoms with Gasteiger partial charge < -0.3 is 19.7 Å². The number of ether oxygens (including phenoxy) is 2. The molecule has 6 nitrogen and oxygen atoms in total. The lowest BCUT2D eigenvalue weighted by molar-refractivity contribution is -0.122. The van der Waals surface area contributed by atoms with Gasteiger partial charge in [0.05, 0.1) is 29.5 Å². The summed E-state index contributed by atoms with van der Waals surface area (Å²) in [6, 6.07) is 11.7. The van der Waals surface area contributed by atoms with Crippen molar-refractivity contribution in [1.82, 2.24) is 4.90 Å². The number of carbonyl (C=O) groups excluding carboxylic acids is 2. The first-order valence-corrected chi connectivity index (χ1v) is 9.60. The Balaban J connectivity index is 1.70. The van der Waals surface area contributed by atoms with Crippen LogP contribution in [0.3, 0.4) is 0 Å². The van der Waals surface area contributed by atoms with Crippen molar-refractivity contribution in [2.24, 2.45) is 0 Å². The van der Waals surface area contributed by atoms with E-state index in [1.807, 2.05) is 0 Å². The number of hydrogen-bond donors (Lipinski definition) is 1. The summed E-state index contributed by atoms with van der Waals surface area (Å²) < 4.78 is 10.9. The third-order valence-corrected chi connectivity index (χ3v) is 4.81. The third kappa shape index (κ3) is 4.95. The molecule has 2 amide bonds. The second kappa shape index (κ2) is 9.28. The predicted molar refractivity (Wildman–Crippen MR) is 108 cm³/mol. The molecule has 1 fully saturated rings. The highest BCUT2D eigenvalue weighted by Crippen LogP contribution is 2.28. The molecule has 2 aromatic carbocycles. The monoisotopic (exact) mass is 422 g/mol. The van der Waals surface area contributed by atoms with Crippen molar-refractivity contribution in [2.45, 2.75) is 13.0 Å². The smallest absolute Gasteiger partial charge is 0.265 e. The van der Waals surface area contributed by atoms with Crippen LogP contribution in [-0.2, 0) is 9.53 Å². The molecule has 1 aliphatic rings. The van der Waals surface area contributed by atoms with Crippen molar-refractivity contribution in [3.05, 3.63) is 58.1 Å². The summed E-state index contributed by atoms with van der Waals surface area (Å²) in [7, 11) is 0. The number of para-hydroxylation sites is 1. The zero-order valence-electron chi connectivity index (χ0n) is 15.3. The molecule has 1 saturated heterocycles. The van der Waals surface area contributed by atoms with Crippen LogP contribution in [0, 0.1) is 0 Å². The standard InChI is InChI=1S/C20H20Cl2N2O4/c1-13(28-18-7-6-14(21)12-16(18)22)19(25)23-17-5-3-2-4-15(17)20(26)24-8-10-27-11-9-24/h2-7,12-13H,8-11H2,1H3,(H,23,25). The molecule has 0 spiro atoms. The molecule has 1 aliphatic heterocycles. The number of morpholine rings is 1. The molecule has 1 unspecified atom stereocenters. The van der Waals surface area contributed by atoms with Crippen molar-refractivity contribution < 1.29 is 19.1 Å². The van der Waals surface area contributed by atoms with Gasteiger partial charge in [-0.15, -0.1) is 0 Å². The van der Waals surface area contributed by atoms with Gasteiger partial charge in [0, 0.05) is 18.1 Å². The van der Waals surface area contributed by atoms with Crippen LogP contribution in [0.5, 0.6) is 5.75 Å². The summed E-state index contributed by atoms with van der Waals surface area (Å²) in [5.41, 5.74) is 0.858. The lowest BCUT2D eigenvalue weighted by Crippen LogP contribution is -2.41. The highest BCUT2D eigenvalue weighted by molar-refractivity contribution is 6.35. The van der Waals surface area contributed by atoms with Crippen LogP contribution in [-0.4, -0.2) is 49.1 Å². The Morgan fingerprint density at radius 2 is 1.86 bits per heavy atom. The summed E-state index contributed by atoms with van der Waals surface area (Å²) in [6.45, 7) is 3.66. The van der Waals surface area contributed by atoms with Crippen LogP contribution in [0.25, 0.3) is 0 Å². The summed E-state index contributed by atoms with van der Waals surface area (Å²) in [5, 5.41) is 3.56. The van der Waals surface area contributed by atoms with E-state index in [4.69, 9.17) is 32.7 Å². The number of nitrogens with one attached hydrogen (secondary N) is 1. The van der Waals surface area contributed by atoms with Crippen molar-refractivity contribution >= 4 is 40.7 Å². The summed E-state index contributed by atoms with van der Waals surface area (Å²) in [4.78, 5) is 27.1. The Morgan fingerprint density at radius 3 is 2.57 bits per heavy atom. The Labute approximate surface area is 173 Å². The second-order valence-corrected chi connectivity index (χ2v) is 7.12. The molecule has 148 valence electrons. The SMILES string of the molecule is CC(Oc1ccc(Cl)cc1Cl)C(=O)Nc1ccccc1C(=O)N1CCOCC1. The Kier molecular flexibility index (Phi) is 6.78. The minimum Gasteiger partial charge on any atom is -0.479 e. The van der Waals surface area contributed by atoms with E-state index in [0.717, 1.165) is 0 Å². The van der Waals surface area contributed by atoms with Crippen molar-refractivity contribution in [2.75, 3.05) is 31.6 Å². The molecule has 28 heavy (non-hydrogen) atoms. The van der Waals surface area contributed by atoms with Gasteiger partial charge in [-0.25, -0.2) is 0 Å². The van der Waals surface area contributed by atoms with Crippen LogP contribution >= 0.6 is 23.2 Å². The van der Waals surface area contributed by atoms with E-state index in [0.29, 0.717) is 53.3 Å². The van der Waals surface area contributed by atoms with Crippen LogP contribution in [0.4, 0.5) is 5.69 Å². The number of benzene rings is 2. The van der Waals surface area contributed by atoms with Gasteiger partial charge in [0.15, 0.2) is 6.10 Å². The first-order valence-electron chi connectivity index (χ1n) is 8.84. The Morgan fingerprint density at radius 1 is 1.14 bits per heavy atom. The molecule has 2 aromatic rings. The largest absolute Gasteiger partial charge is 0.479 e. The molecule has 1 N–H and O–H groups in total. The number of amides is 2. The van der Waals surface area contributed by atoms with Gasteiger partial charge in [-0.3, -0.25) is 9.59 Å². The minimum absolute atomic E-state index is 0.145. The minimum atomic E-state index is -0.828. The first-order chi connectivity index (χ1) is 13.5. The number of anilines is 1. The second-order valence-electron chi connectivity index (χ2n) is 6.27. The Hall–Kier alpha value is -2.28. The maximum Gasteiger partial charge on any atom is 0.265 e. The van der Waals surface area contributed by atoms with E-state index >= 15 is 0 Å². The highest BCUT2D eigenvalue weighted by atomic mass is 35.5. The fourth-order valence-corrected chi connectivity index (χ4v) is 3.22. The number of nitrogens with zero attached hydrogens (tertiary/aromatic N) is 1. The lowest BCUT2D eigenvalue weighted by Gasteiger charge is -2.27. The Bertz CT molecular complexity index is 869. The predicted octanol–water partition coefficient (Wildman–Crippen LogP) is 3.87. The van der Waals surface area contributed by atoms with Gasteiger partial charge in [0.1, 0.15) is 5.75 Å². The molecule has 0 radical (unpaired) electrons. The summed E-state index contributed by atoms with van der Waals surface area (Å²) in [6.07, 6.45) is -0.828. The maximum absolute atomic E-state index is 12.8. The highest BCUT2D eigenvalue weighted by Gasteiger charge is 2.23. The quantitative estimate of drug-likeness (QED) is 0.793. The van der Waals surface area contributed by atoms with Gasteiger partial charge in [-0.05, 0) is 37.3 Å². The van der Waals surface area contributed by atoms with Gasteiger partial charge in [-0.2, -0.15) is 0 Å². The van der Waals surface area contributed by atoms with E-state index in [9.17, 15) is 9.59 Å². The van der Waals surface area contributed by atoms with E-state index in [1.165, 1.54) is 0 Å². The first kappa shape index (κ1) is 20.5. The average Bonchev–Trinajstić information content (AvgIpc) is 2.70. The molecule has 1 heterocycles. The summed E-state index contributed by atoms with van der Waals surface area (Å²) >= 11 is 12.0. The zero-order valence-corrected chi connectivity index (χ0v) is 16.8. The third-order valence-electron chi connectivity index (χ3n) is 4.28. The van der Waals surface area contributed by atoms with Gasteiger partial charge in [-0.1, -0.05) is 35.3 Å². The molecule has 0 saturated carbocycles. The number of rotatable bonds is 5. The van der Waals surface area contributed by atoms with E-state index < -0.39 is 12.0 Å². The van der Waals surface area contributed by atoms with Crippen LogP contribution in [0.15, 0.2) is 42.5 Å². The lowest BCUT2D eigenvalue weighted by atomic mass is 10.1. The number of halogens is 2. The summed E-state index contributed by atoms with van der Waals surface area (Å²) in [5.74, 6) is -0.187. The normalized spacial score (nSPS) is 15.0. The fraction of sp³-hybridized carbons (Fsp3) is 0.300. The fourth-order valence-electron chi connectivity index (χ4n) is 2.76. The average molecular weight is 423 g/mol. The number of hydrogen-bond acceptors (Lipinski definition) is 4. The van der Waals surface area contributed by atoms with Crippen molar-refractivity contribution in [1.29, 1.82) is 0 Å². The molecule has 8 heteroatoms. The number of carbonyl (C=O) groups is 2. The van der Waals surface area contributed by atoms with Gasteiger partial charge in [0.2, 0.25) is 0 Å². The van der Waals surface area contributed by atoms with Gasteiger partial charge >= 0.3 is 0 Å².